The number of hydrogen-bond donors (Lipinski definition) is 1. The first-order valence-electron chi connectivity index (χ1n) is 12.7. The minimum absolute atomic E-state index is 0.0102. The van der Waals surface area contributed by atoms with Crippen molar-refractivity contribution in [2.45, 2.75) is 57.6 Å². The molecule has 0 spiro atoms. The summed E-state index contributed by atoms with van der Waals surface area (Å²) in [6.07, 6.45) is 0.717. The maximum Gasteiger partial charge on any atom is 0.264 e. The highest BCUT2D eigenvalue weighted by Gasteiger charge is 2.33. The number of anilines is 1. The molecule has 0 heterocycles. The molecule has 0 fully saturated rings. The van der Waals surface area contributed by atoms with E-state index < -0.39 is 28.5 Å². The molecule has 0 saturated carbocycles. The molecule has 3 rings (SSSR count). The van der Waals surface area contributed by atoms with Crippen LogP contribution in [0, 0.1) is 6.92 Å². The first-order chi connectivity index (χ1) is 18.8. The third-order valence-electron chi connectivity index (χ3n) is 6.50. The number of halogens is 3. The Morgan fingerprint density at radius 1 is 0.975 bits per heavy atom. The van der Waals surface area contributed by atoms with Gasteiger partial charge in [0.25, 0.3) is 10.0 Å². The third-order valence-corrected chi connectivity index (χ3v) is 9.36. The van der Waals surface area contributed by atoms with E-state index in [4.69, 9.17) is 23.2 Å². The molecule has 2 atom stereocenters. The lowest BCUT2D eigenvalue weighted by Crippen LogP contribution is -2.52. The number of carbonyl (C=O) groups is 2. The van der Waals surface area contributed by atoms with Gasteiger partial charge in [-0.3, -0.25) is 13.9 Å². The molecule has 0 saturated heterocycles. The fraction of sp³-hybridized carbons (Fsp3) is 0.310. The summed E-state index contributed by atoms with van der Waals surface area (Å²) in [5.74, 6) is -0.921. The Morgan fingerprint density at radius 3 is 2.20 bits per heavy atom. The second-order valence-electron chi connectivity index (χ2n) is 9.56. The van der Waals surface area contributed by atoms with Crippen LogP contribution < -0.4 is 9.62 Å². The summed E-state index contributed by atoms with van der Waals surface area (Å²) in [6.45, 7) is 6.78. The van der Waals surface area contributed by atoms with Gasteiger partial charge in [-0.1, -0.05) is 75.9 Å². The number of sulfonamides is 1. The van der Waals surface area contributed by atoms with Crippen LogP contribution in [0.5, 0.6) is 0 Å². The SMILES string of the molecule is CC[C@@H](C)NC(=O)[C@H](C)N(Cc1ccc(Br)cc1)C(=O)CN(c1cc(Cl)ccc1Cl)S(=O)(=O)c1ccc(C)cc1. The Labute approximate surface area is 254 Å². The quantitative estimate of drug-likeness (QED) is 0.250. The number of benzene rings is 3. The first kappa shape index (κ1) is 31.9. The van der Waals surface area contributed by atoms with E-state index in [1.54, 1.807) is 19.1 Å². The zero-order valence-electron chi connectivity index (χ0n) is 22.7. The largest absolute Gasteiger partial charge is 0.352 e. The number of hydrogen-bond acceptors (Lipinski definition) is 4. The van der Waals surface area contributed by atoms with E-state index >= 15 is 0 Å². The number of carbonyl (C=O) groups excluding carboxylic acids is 2. The highest BCUT2D eigenvalue weighted by molar-refractivity contribution is 9.10. The molecule has 3 aromatic carbocycles. The smallest absolute Gasteiger partial charge is 0.264 e. The highest BCUT2D eigenvalue weighted by atomic mass is 79.9. The van der Waals surface area contributed by atoms with Crippen LogP contribution in [0.3, 0.4) is 0 Å². The second-order valence-corrected chi connectivity index (χ2v) is 13.2. The lowest BCUT2D eigenvalue weighted by Gasteiger charge is -2.32. The number of rotatable bonds is 11. The molecule has 0 aliphatic heterocycles. The van der Waals surface area contributed by atoms with Gasteiger partial charge in [-0.25, -0.2) is 8.42 Å². The van der Waals surface area contributed by atoms with Crippen LogP contribution in [0.1, 0.15) is 38.3 Å². The zero-order chi connectivity index (χ0) is 29.6. The minimum Gasteiger partial charge on any atom is -0.352 e. The van der Waals surface area contributed by atoms with Gasteiger partial charge in [-0.15, -0.1) is 0 Å². The average Bonchev–Trinajstić information content (AvgIpc) is 2.92. The highest BCUT2D eigenvalue weighted by Crippen LogP contribution is 2.33. The maximum absolute atomic E-state index is 14.0. The van der Waals surface area contributed by atoms with Crippen molar-refractivity contribution in [3.63, 3.8) is 0 Å². The minimum atomic E-state index is -4.25. The van der Waals surface area contributed by atoms with Crippen molar-refractivity contribution >= 4 is 66.7 Å². The summed E-state index contributed by atoms with van der Waals surface area (Å²) in [7, 11) is -4.25. The molecule has 214 valence electrons. The molecule has 11 heteroatoms. The molecule has 3 aromatic rings. The Balaban J connectivity index is 2.06. The summed E-state index contributed by atoms with van der Waals surface area (Å²) >= 11 is 16.1. The molecular weight excluding hydrogens is 637 g/mol. The molecular formula is C29H32BrCl2N3O4S. The van der Waals surface area contributed by atoms with Gasteiger partial charge in [-0.05, 0) is 75.2 Å². The summed E-state index contributed by atoms with van der Waals surface area (Å²) < 4.78 is 29.6. The van der Waals surface area contributed by atoms with Crippen LogP contribution in [-0.2, 0) is 26.2 Å². The fourth-order valence-electron chi connectivity index (χ4n) is 3.86. The Kier molecular flexibility index (Phi) is 11.1. The predicted octanol–water partition coefficient (Wildman–Crippen LogP) is 6.59. The van der Waals surface area contributed by atoms with Crippen LogP contribution in [-0.4, -0.2) is 43.8 Å². The summed E-state index contributed by atoms with van der Waals surface area (Å²) in [6, 6.07) is 17.1. The van der Waals surface area contributed by atoms with E-state index in [0.29, 0.717) is 0 Å². The van der Waals surface area contributed by atoms with Gasteiger partial charge >= 0.3 is 0 Å². The van der Waals surface area contributed by atoms with Gasteiger partial charge in [0.15, 0.2) is 0 Å². The molecule has 0 unspecified atom stereocenters. The molecule has 0 aliphatic rings. The third kappa shape index (κ3) is 8.00. The average molecular weight is 669 g/mol. The van der Waals surface area contributed by atoms with E-state index in [1.165, 1.54) is 35.2 Å². The second kappa shape index (κ2) is 13.9. The fourth-order valence-corrected chi connectivity index (χ4v) is 5.99. The Morgan fingerprint density at radius 2 is 1.60 bits per heavy atom. The lowest BCUT2D eigenvalue weighted by molar-refractivity contribution is -0.139. The van der Waals surface area contributed by atoms with Crippen molar-refractivity contribution in [1.29, 1.82) is 0 Å². The summed E-state index contributed by atoms with van der Waals surface area (Å²) in [5.41, 5.74) is 1.71. The first-order valence-corrected chi connectivity index (χ1v) is 15.7. The predicted molar refractivity (Wildman–Crippen MR) is 164 cm³/mol. The molecule has 0 radical (unpaired) electrons. The van der Waals surface area contributed by atoms with Crippen molar-refractivity contribution in [3.8, 4) is 0 Å². The molecule has 40 heavy (non-hydrogen) atoms. The van der Waals surface area contributed by atoms with Crippen molar-refractivity contribution in [2.24, 2.45) is 0 Å². The zero-order valence-corrected chi connectivity index (χ0v) is 26.6. The van der Waals surface area contributed by atoms with E-state index in [0.717, 1.165) is 26.3 Å². The Bertz CT molecular complexity index is 1450. The van der Waals surface area contributed by atoms with Gasteiger partial charge in [0.05, 0.1) is 15.6 Å². The normalized spacial score (nSPS) is 12.9. The lowest BCUT2D eigenvalue weighted by atomic mass is 10.1. The summed E-state index contributed by atoms with van der Waals surface area (Å²) in [5, 5.41) is 3.27. The topological polar surface area (TPSA) is 86.8 Å². The molecule has 0 aromatic heterocycles. The standard InChI is InChI=1S/C29H32BrCl2N3O4S/c1-5-20(3)33-29(37)21(4)34(17-22-8-10-23(30)11-9-22)28(36)18-35(27-16-24(31)12-15-26(27)32)40(38,39)25-13-6-19(2)7-14-25/h6-16,20-21H,5,17-18H2,1-4H3,(H,33,37)/t20-,21+/m1/s1. The van der Waals surface area contributed by atoms with E-state index in [9.17, 15) is 18.0 Å². The van der Waals surface area contributed by atoms with Gasteiger partial charge in [0.2, 0.25) is 11.8 Å². The van der Waals surface area contributed by atoms with E-state index in [1.807, 2.05) is 45.0 Å². The van der Waals surface area contributed by atoms with Crippen LogP contribution in [0.4, 0.5) is 5.69 Å². The molecule has 2 amide bonds. The van der Waals surface area contributed by atoms with Gasteiger partial charge in [-0.2, -0.15) is 0 Å². The van der Waals surface area contributed by atoms with Crippen molar-refractivity contribution in [1.82, 2.24) is 10.2 Å². The monoisotopic (exact) mass is 667 g/mol. The van der Waals surface area contributed by atoms with Crippen LogP contribution in [0.25, 0.3) is 0 Å². The molecule has 0 bridgehead atoms. The number of amides is 2. The van der Waals surface area contributed by atoms with Crippen LogP contribution in [0.15, 0.2) is 76.1 Å². The molecule has 1 N–H and O–H groups in total. The van der Waals surface area contributed by atoms with Gasteiger partial charge in [0.1, 0.15) is 12.6 Å². The number of nitrogens with one attached hydrogen (secondary N) is 1. The number of aryl methyl sites for hydroxylation is 1. The van der Waals surface area contributed by atoms with Crippen molar-refractivity contribution in [3.05, 3.63) is 92.4 Å². The van der Waals surface area contributed by atoms with E-state index in [-0.39, 0.29) is 39.1 Å². The van der Waals surface area contributed by atoms with Crippen molar-refractivity contribution in [2.75, 3.05) is 10.8 Å². The van der Waals surface area contributed by atoms with Gasteiger partial charge < -0.3 is 10.2 Å². The van der Waals surface area contributed by atoms with Crippen molar-refractivity contribution < 1.29 is 18.0 Å². The van der Waals surface area contributed by atoms with Crippen LogP contribution in [0.2, 0.25) is 10.0 Å². The van der Waals surface area contributed by atoms with E-state index in [2.05, 4.69) is 21.2 Å². The number of nitrogens with zero attached hydrogens (tertiary/aromatic N) is 2. The van der Waals surface area contributed by atoms with Crippen LogP contribution >= 0.6 is 39.1 Å². The summed E-state index contributed by atoms with van der Waals surface area (Å²) in [4.78, 5) is 28.5. The Hall–Kier alpha value is -2.59. The van der Waals surface area contributed by atoms with Gasteiger partial charge in [0, 0.05) is 22.1 Å². The maximum atomic E-state index is 14.0. The molecule has 7 nitrogen and oxygen atoms in total. The molecule has 0 aliphatic carbocycles.